The summed E-state index contributed by atoms with van der Waals surface area (Å²) >= 11 is 0. The third kappa shape index (κ3) is 2.84. The molecule has 2 amide bonds. The zero-order valence-corrected chi connectivity index (χ0v) is 12.4. The zero-order valence-electron chi connectivity index (χ0n) is 12.4. The van der Waals surface area contributed by atoms with E-state index in [0.717, 1.165) is 29.7 Å². The molecule has 0 saturated heterocycles. The summed E-state index contributed by atoms with van der Waals surface area (Å²) in [5, 5.41) is 5.80. The summed E-state index contributed by atoms with van der Waals surface area (Å²) in [6.45, 7) is 6.41. The number of carbonyl (C=O) groups is 2. The molecule has 0 spiro atoms. The second kappa shape index (κ2) is 5.65. The number of anilines is 1. The molecule has 0 atom stereocenters. The van der Waals surface area contributed by atoms with Gasteiger partial charge in [0.25, 0.3) is 0 Å². The number of hydrogen-bond acceptors (Lipinski definition) is 2. The molecule has 0 fully saturated rings. The van der Waals surface area contributed by atoms with Crippen LogP contribution in [0.3, 0.4) is 0 Å². The van der Waals surface area contributed by atoms with Crippen LogP contribution in [-0.4, -0.2) is 11.8 Å². The van der Waals surface area contributed by atoms with Crippen LogP contribution in [0.25, 0.3) is 0 Å². The van der Waals surface area contributed by atoms with Crippen LogP contribution in [0.15, 0.2) is 18.2 Å². The van der Waals surface area contributed by atoms with E-state index in [-0.39, 0.29) is 11.8 Å². The summed E-state index contributed by atoms with van der Waals surface area (Å²) in [4.78, 5) is 23.5. The molecule has 0 bridgehead atoms. The first kappa shape index (κ1) is 14.6. The molecule has 1 aromatic rings. The van der Waals surface area contributed by atoms with Crippen molar-refractivity contribution in [3.63, 3.8) is 0 Å². The molecule has 2 rings (SSSR count). The quantitative estimate of drug-likeness (QED) is 0.867. The summed E-state index contributed by atoms with van der Waals surface area (Å²) in [6.07, 6.45) is 2.52. The van der Waals surface area contributed by atoms with E-state index in [4.69, 9.17) is 0 Å². The van der Waals surface area contributed by atoms with Gasteiger partial charge in [0.2, 0.25) is 11.8 Å². The van der Waals surface area contributed by atoms with Crippen LogP contribution in [0.1, 0.15) is 51.2 Å². The summed E-state index contributed by atoms with van der Waals surface area (Å²) in [5.41, 5.74) is 2.40. The van der Waals surface area contributed by atoms with Crippen molar-refractivity contribution in [2.24, 2.45) is 0 Å². The molecule has 2 N–H and O–H groups in total. The second-order valence-electron chi connectivity index (χ2n) is 5.84. The van der Waals surface area contributed by atoms with Crippen LogP contribution >= 0.6 is 0 Å². The Morgan fingerprint density at radius 3 is 2.80 bits per heavy atom. The van der Waals surface area contributed by atoms with Crippen LogP contribution in [0.5, 0.6) is 0 Å². The molecule has 4 heteroatoms. The van der Waals surface area contributed by atoms with Gasteiger partial charge in [0.1, 0.15) is 0 Å². The number of hydrogen-bond donors (Lipinski definition) is 2. The van der Waals surface area contributed by atoms with E-state index in [1.54, 1.807) is 0 Å². The minimum atomic E-state index is -0.502. The van der Waals surface area contributed by atoms with E-state index >= 15 is 0 Å². The predicted molar refractivity (Wildman–Crippen MR) is 79.5 cm³/mol. The van der Waals surface area contributed by atoms with Crippen molar-refractivity contribution >= 4 is 17.5 Å². The maximum Gasteiger partial charge on any atom is 0.234 e. The number of unbranched alkanes of at least 4 members (excludes halogenated alkanes) is 1. The Bertz CT molecular complexity index is 535. The van der Waals surface area contributed by atoms with Crippen LogP contribution in [0.4, 0.5) is 5.69 Å². The monoisotopic (exact) mass is 274 g/mol. The van der Waals surface area contributed by atoms with Crippen molar-refractivity contribution in [3.05, 3.63) is 29.3 Å². The van der Waals surface area contributed by atoms with Crippen LogP contribution in [-0.2, 0) is 21.5 Å². The Labute approximate surface area is 119 Å². The third-order valence-electron chi connectivity index (χ3n) is 3.82. The van der Waals surface area contributed by atoms with E-state index in [9.17, 15) is 9.59 Å². The smallest absolute Gasteiger partial charge is 0.234 e. The lowest BCUT2D eigenvalue weighted by molar-refractivity contribution is -0.121. The van der Waals surface area contributed by atoms with Gasteiger partial charge in [-0.1, -0.05) is 25.5 Å². The van der Waals surface area contributed by atoms with Crippen LogP contribution in [0, 0.1) is 0 Å². The fourth-order valence-corrected chi connectivity index (χ4v) is 2.35. The van der Waals surface area contributed by atoms with Gasteiger partial charge in [-0.05, 0) is 37.5 Å². The van der Waals surface area contributed by atoms with Crippen molar-refractivity contribution in [2.45, 2.75) is 52.0 Å². The molecular formula is C16H22N2O2. The molecule has 1 heterocycles. The highest BCUT2D eigenvalue weighted by Crippen LogP contribution is 2.37. The van der Waals surface area contributed by atoms with Crippen LogP contribution in [0.2, 0.25) is 0 Å². The van der Waals surface area contributed by atoms with E-state index in [0.29, 0.717) is 13.0 Å². The van der Waals surface area contributed by atoms with Gasteiger partial charge in [0.05, 0.1) is 5.41 Å². The second-order valence-corrected chi connectivity index (χ2v) is 5.84. The van der Waals surface area contributed by atoms with E-state index < -0.39 is 5.41 Å². The molecule has 0 aromatic heterocycles. The van der Waals surface area contributed by atoms with Crippen molar-refractivity contribution < 1.29 is 9.59 Å². The fourth-order valence-electron chi connectivity index (χ4n) is 2.35. The number of amides is 2. The Morgan fingerprint density at radius 2 is 2.10 bits per heavy atom. The minimum Gasteiger partial charge on any atom is -0.352 e. The Balaban J connectivity index is 2.04. The van der Waals surface area contributed by atoms with Gasteiger partial charge in [0, 0.05) is 18.7 Å². The lowest BCUT2D eigenvalue weighted by Crippen LogP contribution is -2.27. The number of nitrogens with one attached hydrogen (secondary N) is 2. The van der Waals surface area contributed by atoms with Gasteiger partial charge >= 0.3 is 0 Å². The Hall–Kier alpha value is -1.84. The first-order valence-electron chi connectivity index (χ1n) is 7.16. The van der Waals surface area contributed by atoms with E-state index in [1.165, 1.54) is 0 Å². The van der Waals surface area contributed by atoms with Gasteiger partial charge in [-0.15, -0.1) is 0 Å². The molecule has 0 unspecified atom stereocenters. The van der Waals surface area contributed by atoms with E-state index in [1.807, 2.05) is 32.0 Å². The standard InChI is InChI=1S/C16H22N2O2/c1-4-5-6-14(19)17-10-11-7-8-13-12(9-11)16(2,3)15(20)18-13/h7-9H,4-6,10H2,1-3H3,(H,17,19)(H,18,20). The maximum atomic E-state index is 11.9. The molecule has 0 radical (unpaired) electrons. The lowest BCUT2D eigenvalue weighted by atomic mass is 9.85. The number of fused-ring (bicyclic) bond motifs is 1. The average molecular weight is 274 g/mol. The summed E-state index contributed by atoms with van der Waals surface area (Å²) in [7, 11) is 0. The first-order valence-corrected chi connectivity index (χ1v) is 7.16. The van der Waals surface area contributed by atoms with Crippen molar-refractivity contribution in [3.8, 4) is 0 Å². The van der Waals surface area contributed by atoms with Gasteiger partial charge in [-0.25, -0.2) is 0 Å². The fraction of sp³-hybridized carbons (Fsp3) is 0.500. The SMILES string of the molecule is CCCCC(=O)NCc1ccc2c(c1)C(C)(C)C(=O)N2. The van der Waals surface area contributed by atoms with Gasteiger partial charge in [-0.3, -0.25) is 9.59 Å². The summed E-state index contributed by atoms with van der Waals surface area (Å²) in [5.74, 6) is 0.109. The molecule has 4 nitrogen and oxygen atoms in total. The highest BCUT2D eigenvalue weighted by atomic mass is 16.2. The Kier molecular flexibility index (Phi) is 4.12. The van der Waals surface area contributed by atoms with Crippen molar-refractivity contribution in [1.82, 2.24) is 5.32 Å². The average Bonchev–Trinajstić information content (AvgIpc) is 2.65. The molecular weight excluding hydrogens is 252 g/mol. The largest absolute Gasteiger partial charge is 0.352 e. The first-order chi connectivity index (χ1) is 9.45. The molecule has 0 aliphatic carbocycles. The van der Waals surface area contributed by atoms with Gasteiger partial charge in [0.15, 0.2) is 0 Å². The number of carbonyl (C=O) groups excluding carboxylic acids is 2. The molecule has 1 aromatic carbocycles. The lowest BCUT2D eigenvalue weighted by Gasteiger charge is -2.16. The molecule has 108 valence electrons. The number of rotatable bonds is 5. The molecule has 20 heavy (non-hydrogen) atoms. The summed E-state index contributed by atoms with van der Waals surface area (Å²) in [6, 6.07) is 5.86. The third-order valence-corrected chi connectivity index (χ3v) is 3.82. The Morgan fingerprint density at radius 1 is 1.35 bits per heavy atom. The highest BCUT2D eigenvalue weighted by molar-refractivity contribution is 6.05. The zero-order chi connectivity index (χ0) is 14.8. The predicted octanol–water partition coefficient (Wildman–Crippen LogP) is 2.72. The number of benzene rings is 1. The van der Waals surface area contributed by atoms with Crippen molar-refractivity contribution in [2.75, 3.05) is 5.32 Å². The van der Waals surface area contributed by atoms with E-state index in [2.05, 4.69) is 17.6 Å². The summed E-state index contributed by atoms with van der Waals surface area (Å²) < 4.78 is 0. The molecule has 1 aliphatic rings. The highest BCUT2D eigenvalue weighted by Gasteiger charge is 2.38. The van der Waals surface area contributed by atoms with Gasteiger partial charge in [-0.2, -0.15) is 0 Å². The normalized spacial score (nSPS) is 15.7. The van der Waals surface area contributed by atoms with Crippen LogP contribution < -0.4 is 10.6 Å². The molecule has 0 saturated carbocycles. The minimum absolute atomic E-state index is 0.0247. The van der Waals surface area contributed by atoms with Gasteiger partial charge < -0.3 is 10.6 Å². The topological polar surface area (TPSA) is 58.2 Å². The van der Waals surface area contributed by atoms with Crippen molar-refractivity contribution in [1.29, 1.82) is 0 Å². The molecule has 1 aliphatic heterocycles. The maximum absolute atomic E-state index is 11.9.